The molecule has 0 spiro atoms. The minimum absolute atomic E-state index is 0.0413. The second kappa shape index (κ2) is 9.09. The number of aliphatic hydroxyl groups excluding tert-OH is 1. The molecule has 0 radical (unpaired) electrons. The molecule has 158 valence electrons. The van der Waals surface area contributed by atoms with Crippen LogP contribution in [0.25, 0.3) is 5.76 Å². The number of phenolic OH excluding ortho intramolecular Hbond substituents is 1. The Morgan fingerprint density at radius 3 is 2.33 bits per heavy atom. The van der Waals surface area contributed by atoms with Crippen LogP contribution in [0, 0.1) is 5.82 Å². The Hall–Kier alpha value is -3.19. The summed E-state index contributed by atoms with van der Waals surface area (Å²) < 4.78 is 18.8. The van der Waals surface area contributed by atoms with Crippen LogP contribution < -0.4 is 0 Å². The fraction of sp³-hybridized carbons (Fsp3) is 0.304. The summed E-state index contributed by atoms with van der Waals surface area (Å²) in [6, 6.07) is 10.3. The molecule has 1 fully saturated rings. The first-order valence-corrected chi connectivity index (χ1v) is 9.74. The third-order valence-electron chi connectivity index (χ3n) is 4.86. The molecular weight excluding hydrogens is 389 g/mol. The van der Waals surface area contributed by atoms with Crippen molar-refractivity contribution in [3.63, 3.8) is 0 Å². The summed E-state index contributed by atoms with van der Waals surface area (Å²) in [5.74, 6) is -2.33. The van der Waals surface area contributed by atoms with Gasteiger partial charge in [-0.15, -0.1) is 0 Å². The molecule has 0 saturated carbocycles. The topological polar surface area (TPSA) is 87.1 Å². The summed E-state index contributed by atoms with van der Waals surface area (Å²) in [6.07, 6.45) is 0.558. The van der Waals surface area contributed by atoms with E-state index in [1.54, 1.807) is 12.1 Å². The van der Waals surface area contributed by atoms with Gasteiger partial charge in [-0.05, 0) is 62.2 Å². The quantitative estimate of drug-likeness (QED) is 0.312. The molecule has 0 aromatic heterocycles. The lowest BCUT2D eigenvalue weighted by atomic mass is 9.95. The second-order valence-corrected chi connectivity index (χ2v) is 7.36. The predicted molar refractivity (Wildman–Crippen MR) is 109 cm³/mol. The number of amides is 1. The maximum absolute atomic E-state index is 13.3. The highest BCUT2D eigenvalue weighted by Gasteiger charge is 2.45. The maximum Gasteiger partial charge on any atom is 0.295 e. The second-order valence-electron chi connectivity index (χ2n) is 7.36. The first kappa shape index (κ1) is 21.5. The van der Waals surface area contributed by atoms with E-state index >= 15 is 0 Å². The number of ether oxygens (including phenoxy) is 1. The van der Waals surface area contributed by atoms with Crippen molar-refractivity contribution in [1.29, 1.82) is 0 Å². The summed E-state index contributed by atoms with van der Waals surface area (Å²) in [4.78, 5) is 27.0. The number of hydrogen-bond acceptors (Lipinski definition) is 5. The van der Waals surface area contributed by atoms with Gasteiger partial charge in [-0.25, -0.2) is 4.39 Å². The molecule has 2 aromatic carbocycles. The number of benzene rings is 2. The van der Waals surface area contributed by atoms with Gasteiger partial charge in [0, 0.05) is 18.7 Å². The van der Waals surface area contributed by atoms with E-state index in [0.29, 0.717) is 18.6 Å². The lowest BCUT2D eigenvalue weighted by Gasteiger charge is -2.25. The molecule has 30 heavy (non-hydrogen) atoms. The number of ketones is 1. The van der Waals surface area contributed by atoms with Crippen molar-refractivity contribution in [2.24, 2.45) is 0 Å². The van der Waals surface area contributed by atoms with Crippen molar-refractivity contribution in [2.75, 3.05) is 13.2 Å². The number of likely N-dealkylation sites (tertiary alicyclic amines) is 1. The van der Waals surface area contributed by atoms with Crippen LogP contribution in [0.15, 0.2) is 54.1 Å². The Bertz CT molecular complexity index is 951. The summed E-state index contributed by atoms with van der Waals surface area (Å²) in [6.45, 7) is 4.49. The van der Waals surface area contributed by atoms with Crippen molar-refractivity contribution in [2.45, 2.75) is 32.4 Å². The number of Topliss-reactive ketones (excluding diaryl/α,β-unsaturated/α-hetero) is 1. The number of carbonyl (C=O) groups excluding carboxylic acids is 2. The van der Waals surface area contributed by atoms with Gasteiger partial charge < -0.3 is 19.8 Å². The standard InChI is InChI=1S/C23H24FNO5/c1-14(2)30-13-3-12-25-20(15-6-10-18(26)11-7-15)19(22(28)23(25)29)21(27)16-4-8-17(24)9-5-16/h4-11,14,20,26-27H,3,12-13H2,1-2H3/t20-/m1/s1. The van der Waals surface area contributed by atoms with Crippen LogP contribution in [0.5, 0.6) is 5.75 Å². The van der Waals surface area contributed by atoms with Crippen LogP contribution in [0.2, 0.25) is 0 Å². The molecule has 1 amide bonds. The molecular formula is C23H24FNO5. The molecule has 1 saturated heterocycles. The van der Waals surface area contributed by atoms with Gasteiger partial charge in [-0.3, -0.25) is 9.59 Å². The van der Waals surface area contributed by atoms with Gasteiger partial charge in [0.2, 0.25) is 0 Å². The highest BCUT2D eigenvalue weighted by Crippen LogP contribution is 2.39. The molecule has 7 heteroatoms. The normalized spacial score (nSPS) is 18.4. The van der Waals surface area contributed by atoms with Gasteiger partial charge in [-0.2, -0.15) is 0 Å². The highest BCUT2D eigenvalue weighted by atomic mass is 19.1. The zero-order chi connectivity index (χ0) is 21.8. The van der Waals surface area contributed by atoms with Gasteiger partial charge in [0.15, 0.2) is 0 Å². The zero-order valence-electron chi connectivity index (χ0n) is 16.8. The van der Waals surface area contributed by atoms with Crippen LogP contribution in [-0.2, 0) is 14.3 Å². The molecule has 0 bridgehead atoms. The van der Waals surface area contributed by atoms with Crippen LogP contribution in [0.1, 0.15) is 37.4 Å². The van der Waals surface area contributed by atoms with Crippen molar-refractivity contribution in [1.82, 2.24) is 4.90 Å². The molecule has 3 rings (SSSR count). The van der Waals surface area contributed by atoms with E-state index in [-0.39, 0.29) is 35.3 Å². The molecule has 1 aliphatic rings. The Kier molecular flexibility index (Phi) is 6.52. The van der Waals surface area contributed by atoms with Crippen molar-refractivity contribution in [3.05, 3.63) is 71.0 Å². The number of phenols is 1. The van der Waals surface area contributed by atoms with Gasteiger partial charge in [0.1, 0.15) is 17.3 Å². The van der Waals surface area contributed by atoms with Crippen LogP contribution in [0.3, 0.4) is 0 Å². The van der Waals surface area contributed by atoms with Crippen LogP contribution in [-0.4, -0.2) is 46.1 Å². The summed E-state index contributed by atoms with van der Waals surface area (Å²) in [5, 5.41) is 20.4. The third kappa shape index (κ3) is 4.52. The van der Waals surface area contributed by atoms with Crippen molar-refractivity contribution >= 4 is 17.4 Å². The number of hydrogen-bond donors (Lipinski definition) is 2. The first-order chi connectivity index (χ1) is 14.3. The molecule has 1 heterocycles. The molecule has 2 aromatic rings. The molecule has 0 unspecified atom stereocenters. The molecule has 2 N–H and O–H groups in total. The van der Waals surface area contributed by atoms with Gasteiger partial charge >= 0.3 is 0 Å². The fourth-order valence-electron chi connectivity index (χ4n) is 3.43. The minimum Gasteiger partial charge on any atom is -0.508 e. The Balaban J connectivity index is 2.01. The number of nitrogens with zero attached hydrogens (tertiary/aromatic N) is 1. The lowest BCUT2D eigenvalue weighted by Crippen LogP contribution is -2.31. The van der Waals surface area contributed by atoms with E-state index in [1.165, 1.54) is 41.3 Å². The summed E-state index contributed by atoms with van der Waals surface area (Å²) in [5.41, 5.74) is 0.740. The molecule has 6 nitrogen and oxygen atoms in total. The monoisotopic (exact) mass is 413 g/mol. The average molecular weight is 413 g/mol. The summed E-state index contributed by atoms with van der Waals surface area (Å²) >= 11 is 0. The highest BCUT2D eigenvalue weighted by molar-refractivity contribution is 6.46. The zero-order valence-corrected chi connectivity index (χ0v) is 16.8. The van der Waals surface area contributed by atoms with E-state index in [1.807, 2.05) is 13.8 Å². The number of aromatic hydroxyl groups is 1. The number of carbonyl (C=O) groups is 2. The molecule has 1 atom stereocenters. The maximum atomic E-state index is 13.3. The predicted octanol–water partition coefficient (Wildman–Crippen LogP) is 3.77. The minimum atomic E-state index is -0.824. The Labute approximate surface area is 174 Å². The largest absolute Gasteiger partial charge is 0.508 e. The van der Waals surface area contributed by atoms with Crippen LogP contribution in [0.4, 0.5) is 4.39 Å². The van der Waals surface area contributed by atoms with Gasteiger partial charge in [0.05, 0.1) is 17.7 Å². The summed E-state index contributed by atoms with van der Waals surface area (Å²) in [7, 11) is 0. The van der Waals surface area contributed by atoms with Gasteiger partial charge in [0.25, 0.3) is 11.7 Å². The van der Waals surface area contributed by atoms with Gasteiger partial charge in [-0.1, -0.05) is 12.1 Å². The number of aliphatic hydroxyl groups is 1. The smallest absolute Gasteiger partial charge is 0.295 e. The average Bonchev–Trinajstić information content (AvgIpc) is 2.96. The number of rotatable bonds is 7. The van der Waals surface area contributed by atoms with E-state index in [4.69, 9.17) is 4.74 Å². The fourth-order valence-corrected chi connectivity index (χ4v) is 3.43. The van der Waals surface area contributed by atoms with Crippen molar-refractivity contribution in [3.8, 4) is 5.75 Å². The van der Waals surface area contributed by atoms with E-state index < -0.39 is 23.5 Å². The molecule has 1 aliphatic heterocycles. The van der Waals surface area contributed by atoms with Crippen LogP contribution >= 0.6 is 0 Å². The van der Waals surface area contributed by atoms with Crippen molar-refractivity contribution < 1.29 is 28.9 Å². The Morgan fingerprint density at radius 2 is 1.73 bits per heavy atom. The third-order valence-corrected chi connectivity index (χ3v) is 4.86. The SMILES string of the molecule is CC(C)OCCCN1C(=O)C(=O)C(=C(O)c2ccc(F)cc2)[C@H]1c1ccc(O)cc1. The van der Waals surface area contributed by atoms with E-state index in [9.17, 15) is 24.2 Å². The molecule has 0 aliphatic carbocycles. The lowest BCUT2D eigenvalue weighted by molar-refractivity contribution is -0.140. The Morgan fingerprint density at radius 1 is 1.10 bits per heavy atom. The van der Waals surface area contributed by atoms with E-state index in [2.05, 4.69) is 0 Å². The van der Waals surface area contributed by atoms with E-state index in [0.717, 1.165) is 0 Å². The number of halogens is 1. The first-order valence-electron chi connectivity index (χ1n) is 9.74.